The lowest BCUT2D eigenvalue weighted by Crippen LogP contribution is -2.51. The van der Waals surface area contributed by atoms with Crippen LogP contribution in [-0.2, 0) is 21.5 Å². The molecule has 150 valence electrons. The minimum atomic E-state index is -3.70. The molecule has 0 aromatic heterocycles. The summed E-state index contributed by atoms with van der Waals surface area (Å²) in [7, 11) is -3.70. The molecule has 1 aliphatic heterocycles. The van der Waals surface area contributed by atoms with Crippen LogP contribution in [0.15, 0.2) is 42.5 Å². The summed E-state index contributed by atoms with van der Waals surface area (Å²) in [6.07, 6.45) is 0.679. The summed E-state index contributed by atoms with van der Waals surface area (Å²) >= 11 is 5.84. The zero-order chi connectivity index (χ0) is 20.3. The van der Waals surface area contributed by atoms with Gasteiger partial charge in [0.05, 0.1) is 6.54 Å². The Hall–Kier alpha value is -1.93. The van der Waals surface area contributed by atoms with Crippen molar-refractivity contribution in [3.05, 3.63) is 64.2 Å². The first-order valence-corrected chi connectivity index (χ1v) is 10.9. The first-order valence-electron chi connectivity index (χ1n) is 9.12. The van der Waals surface area contributed by atoms with Gasteiger partial charge in [0.25, 0.3) is 10.2 Å². The highest BCUT2D eigenvalue weighted by atomic mass is 35.5. The van der Waals surface area contributed by atoms with Gasteiger partial charge >= 0.3 is 0 Å². The van der Waals surface area contributed by atoms with Crippen LogP contribution in [0.5, 0.6) is 0 Å². The Kier molecular flexibility index (Phi) is 6.40. The second-order valence-corrected chi connectivity index (χ2v) is 9.38. The van der Waals surface area contributed by atoms with Crippen molar-refractivity contribution in [2.75, 3.05) is 25.0 Å². The van der Waals surface area contributed by atoms with Gasteiger partial charge in [-0.05, 0) is 55.7 Å². The van der Waals surface area contributed by atoms with Gasteiger partial charge in [-0.2, -0.15) is 17.0 Å². The molecule has 0 atom stereocenters. The summed E-state index contributed by atoms with van der Waals surface area (Å²) in [4.78, 5) is 12.3. The van der Waals surface area contributed by atoms with Crippen molar-refractivity contribution in [2.45, 2.75) is 26.8 Å². The molecule has 0 unspecified atom stereocenters. The van der Waals surface area contributed by atoms with Crippen molar-refractivity contribution in [1.82, 2.24) is 8.61 Å². The molecule has 0 saturated carbocycles. The van der Waals surface area contributed by atoms with Crippen LogP contribution in [0, 0.1) is 13.8 Å². The maximum Gasteiger partial charge on any atom is 0.282 e. The highest BCUT2D eigenvalue weighted by molar-refractivity contribution is 7.86. The molecule has 3 rings (SSSR count). The summed E-state index contributed by atoms with van der Waals surface area (Å²) in [5, 5.41) is 3.28. The van der Waals surface area contributed by atoms with E-state index in [1.165, 1.54) is 8.61 Å². The lowest BCUT2D eigenvalue weighted by atomic mass is 10.1. The molecule has 2 aromatic rings. The van der Waals surface area contributed by atoms with Gasteiger partial charge in [-0.1, -0.05) is 35.4 Å². The third kappa shape index (κ3) is 4.91. The molecular formula is C20H24ClN3O3S. The lowest BCUT2D eigenvalue weighted by Gasteiger charge is -2.34. The fourth-order valence-electron chi connectivity index (χ4n) is 3.19. The van der Waals surface area contributed by atoms with Crippen molar-refractivity contribution >= 4 is 33.4 Å². The predicted molar refractivity (Wildman–Crippen MR) is 112 cm³/mol. The van der Waals surface area contributed by atoms with Crippen LogP contribution in [0.25, 0.3) is 0 Å². The van der Waals surface area contributed by atoms with E-state index in [1.54, 1.807) is 24.3 Å². The van der Waals surface area contributed by atoms with Crippen LogP contribution in [0.1, 0.15) is 23.1 Å². The maximum atomic E-state index is 13.0. The number of aryl methyl sites for hydroxylation is 2. The van der Waals surface area contributed by atoms with E-state index in [9.17, 15) is 13.2 Å². The smallest absolute Gasteiger partial charge is 0.282 e. The van der Waals surface area contributed by atoms with E-state index in [4.69, 9.17) is 11.6 Å². The zero-order valence-corrected chi connectivity index (χ0v) is 17.6. The van der Waals surface area contributed by atoms with E-state index in [0.717, 1.165) is 16.7 Å². The highest BCUT2D eigenvalue weighted by Gasteiger charge is 2.34. The van der Waals surface area contributed by atoms with E-state index in [0.29, 0.717) is 36.8 Å². The molecule has 1 fully saturated rings. The maximum absolute atomic E-state index is 13.0. The zero-order valence-electron chi connectivity index (χ0n) is 16.0. The van der Waals surface area contributed by atoms with Crippen molar-refractivity contribution in [3.8, 4) is 0 Å². The van der Waals surface area contributed by atoms with Crippen LogP contribution in [-0.4, -0.2) is 42.6 Å². The van der Waals surface area contributed by atoms with Gasteiger partial charge in [0.15, 0.2) is 0 Å². The Balaban J connectivity index is 1.69. The first kappa shape index (κ1) is 20.8. The summed E-state index contributed by atoms with van der Waals surface area (Å²) in [5.41, 5.74) is 3.71. The normalized spacial score (nSPS) is 17.4. The van der Waals surface area contributed by atoms with E-state index in [-0.39, 0.29) is 12.5 Å². The number of carbonyl (C=O) groups is 1. The average Bonchev–Trinajstić information content (AvgIpc) is 2.63. The van der Waals surface area contributed by atoms with Crippen molar-refractivity contribution < 1.29 is 13.2 Å². The fraction of sp³-hybridized carbons (Fsp3) is 0.350. The molecule has 1 heterocycles. The van der Waals surface area contributed by atoms with Crippen LogP contribution < -0.4 is 5.32 Å². The Labute approximate surface area is 171 Å². The molecule has 8 heteroatoms. The third-order valence-corrected chi connectivity index (χ3v) is 6.95. The van der Waals surface area contributed by atoms with Crippen molar-refractivity contribution in [3.63, 3.8) is 0 Å². The van der Waals surface area contributed by atoms with Crippen LogP contribution in [0.3, 0.4) is 0 Å². The number of anilines is 1. The second kappa shape index (κ2) is 8.61. The van der Waals surface area contributed by atoms with Crippen molar-refractivity contribution in [1.29, 1.82) is 0 Å². The molecule has 1 N–H and O–H groups in total. The number of benzene rings is 2. The lowest BCUT2D eigenvalue weighted by molar-refractivity contribution is -0.116. The van der Waals surface area contributed by atoms with E-state index >= 15 is 0 Å². The number of halogens is 1. The summed E-state index contributed by atoms with van der Waals surface area (Å²) in [6, 6.07) is 12.7. The number of hydrogen-bond acceptors (Lipinski definition) is 3. The van der Waals surface area contributed by atoms with Crippen LogP contribution in [0.2, 0.25) is 5.02 Å². The number of hydrogen-bond donors (Lipinski definition) is 1. The molecule has 0 spiro atoms. The number of nitrogens with one attached hydrogen (secondary N) is 1. The molecule has 0 aliphatic carbocycles. The van der Waals surface area contributed by atoms with Gasteiger partial charge in [-0.3, -0.25) is 4.79 Å². The number of nitrogens with zero attached hydrogens (tertiary/aromatic N) is 2. The molecule has 0 bridgehead atoms. The number of amides is 1. The van der Waals surface area contributed by atoms with E-state index in [1.807, 2.05) is 32.0 Å². The summed E-state index contributed by atoms with van der Waals surface area (Å²) < 4.78 is 28.7. The highest BCUT2D eigenvalue weighted by Crippen LogP contribution is 2.22. The SMILES string of the molecule is Cc1ccc(C)c(CN2CCCN(CC(=O)Nc3ccc(Cl)cc3)S2(=O)=O)c1. The third-order valence-electron chi connectivity index (χ3n) is 4.77. The predicted octanol–water partition coefficient (Wildman–Crippen LogP) is 3.35. The van der Waals surface area contributed by atoms with Gasteiger partial charge in [0, 0.05) is 30.3 Å². The molecule has 1 amide bonds. The van der Waals surface area contributed by atoms with Gasteiger partial charge in [0.2, 0.25) is 5.91 Å². The van der Waals surface area contributed by atoms with Crippen LogP contribution in [0.4, 0.5) is 5.69 Å². The average molecular weight is 422 g/mol. The summed E-state index contributed by atoms with van der Waals surface area (Å²) in [5.74, 6) is -0.375. The number of carbonyl (C=O) groups excluding carboxylic acids is 1. The largest absolute Gasteiger partial charge is 0.325 e. The van der Waals surface area contributed by atoms with E-state index < -0.39 is 10.2 Å². The Bertz CT molecular complexity index is 961. The molecule has 0 radical (unpaired) electrons. The minimum absolute atomic E-state index is 0.214. The van der Waals surface area contributed by atoms with Gasteiger partial charge in [-0.25, -0.2) is 0 Å². The van der Waals surface area contributed by atoms with Gasteiger partial charge < -0.3 is 5.32 Å². The number of rotatable bonds is 5. The first-order chi connectivity index (χ1) is 13.3. The van der Waals surface area contributed by atoms with Gasteiger partial charge in [0.1, 0.15) is 0 Å². The van der Waals surface area contributed by atoms with E-state index in [2.05, 4.69) is 5.32 Å². The van der Waals surface area contributed by atoms with Crippen molar-refractivity contribution in [2.24, 2.45) is 0 Å². The topological polar surface area (TPSA) is 69.7 Å². The Morgan fingerprint density at radius 2 is 1.75 bits per heavy atom. The molecular weight excluding hydrogens is 398 g/mol. The minimum Gasteiger partial charge on any atom is -0.325 e. The molecule has 2 aromatic carbocycles. The van der Waals surface area contributed by atoms with Gasteiger partial charge in [-0.15, -0.1) is 0 Å². The Morgan fingerprint density at radius 1 is 1.07 bits per heavy atom. The summed E-state index contributed by atoms with van der Waals surface area (Å²) in [6.45, 7) is 4.84. The monoisotopic (exact) mass is 421 g/mol. The van der Waals surface area contributed by atoms with Crippen LogP contribution >= 0.6 is 11.6 Å². The second-order valence-electron chi connectivity index (χ2n) is 7.01. The quantitative estimate of drug-likeness (QED) is 0.804. The Morgan fingerprint density at radius 3 is 2.46 bits per heavy atom. The molecule has 28 heavy (non-hydrogen) atoms. The standard InChI is InChI=1S/C20H24ClN3O3S/c1-15-4-5-16(2)17(12-15)13-23-10-3-11-24(28(23,26)27)14-20(25)22-19-8-6-18(21)7-9-19/h4-9,12H,3,10-11,13-14H2,1-2H3,(H,22,25). The molecule has 1 aliphatic rings. The molecule has 1 saturated heterocycles. The molecule has 6 nitrogen and oxygen atoms in total. The fourth-order valence-corrected chi connectivity index (χ4v) is 4.95.